The number of likely N-dealkylation sites (tertiary alicyclic amines) is 1. The van der Waals surface area contributed by atoms with Gasteiger partial charge in [0.15, 0.2) is 0 Å². The predicted molar refractivity (Wildman–Crippen MR) is 69.9 cm³/mol. The molecule has 0 aliphatic carbocycles. The van der Waals surface area contributed by atoms with Gasteiger partial charge in [-0.1, -0.05) is 13.8 Å². The molecule has 3 heteroatoms. The van der Waals surface area contributed by atoms with E-state index in [1.54, 1.807) is 7.11 Å². The zero-order valence-electron chi connectivity index (χ0n) is 11.9. The second kappa shape index (κ2) is 6.39. The Kier molecular flexibility index (Phi) is 5.44. The van der Waals surface area contributed by atoms with E-state index in [2.05, 4.69) is 25.7 Å². The Morgan fingerprint density at radius 1 is 1.41 bits per heavy atom. The number of carbonyl (C=O) groups excluding carboxylic acids is 1. The minimum Gasteiger partial charge on any atom is -0.381 e. The largest absolute Gasteiger partial charge is 0.381 e. The van der Waals surface area contributed by atoms with E-state index in [4.69, 9.17) is 4.74 Å². The summed E-state index contributed by atoms with van der Waals surface area (Å²) in [4.78, 5) is 14.7. The lowest BCUT2D eigenvalue weighted by Gasteiger charge is -2.33. The van der Waals surface area contributed by atoms with Gasteiger partial charge in [-0.15, -0.1) is 0 Å². The maximum atomic E-state index is 12.6. The summed E-state index contributed by atoms with van der Waals surface area (Å²) in [5, 5.41) is 0. The Labute approximate surface area is 106 Å². The second-order valence-electron chi connectivity index (χ2n) is 5.19. The summed E-state index contributed by atoms with van der Waals surface area (Å²) in [5.74, 6) is 0.299. The van der Waals surface area contributed by atoms with Crippen LogP contribution in [0.2, 0.25) is 0 Å². The van der Waals surface area contributed by atoms with Crippen LogP contribution < -0.4 is 0 Å². The van der Waals surface area contributed by atoms with E-state index in [1.165, 1.54) is 0 Å². The highest BCUT2D eigenvalue weighted by molar-refractivity contribution is 5.80. The first-order valence-electron chi connectivity index (χ1n) is 6.91. The number of amides is 1. The van der Waals surface area contributed by atoms with Gasteiger partial charge >= 0.3 is 0 Å². The molecule has 4 atom stereocenters. The van der Waals surface area contributed by atoms with E-state index in [0.29, 0.717) is 18.0 Å². The summed E-state index contributed by atoms with van der Waals surface area (Å²) in [6.07, 6.45) is 4.22. The van der Waals surface area contributed by atoms with Crippen molar-refractivity contribution in [3.8, 4) is 0 Å². The molecule has 1 amide bonds. The topological polar surface area (TPSA) is 29.5 Å². The molecule has 1 fully saturated rings. The molecule has 100 valence electrons. The number of hydrogen-bond donors (Lipinski definition) is 0. The Morgan fingerprint density at radius 3 is 2.53 bits per heavy atom. The molecular weight excluding hydrogens is 214 g/mol. The molecule has 0 saturated carbocycles. The third kappa shape index (κ3) is 3.01. The van der Waals surface area contributed by atoms with E-state index < -0.39 is 0 Å². The van der Waals surface area contributed by atoms with E-state index in [1.807, 2.05) is 6.92 Å². The molecule has 1 aliphatic heterocycles. The highest BCUT2D eigenvalue weighted by Gasteiger charge is 2.37. The highest BCUT2D eigenvalue weighted by Crippen LogP contribution is 2.29. The van der Waals surface area contributed by atoms with Crippen LogP contribution in [0.25, 0.3) is 0 Å². The Bertz CT molecular complexity index is 255. The van der Waals surface area contributed by atoms with Crippen LogP contribution in [0.4, 0.5) is 0 Å². The molecule has 17 heavy (non-hydrogen) atoms. The molecule has 0 spiro atoms. The lowest BCUT2D eigenvalue weighted by atomic mass is 9.97. The van der Waals surface area contributed by atoms with Gasteiger partial charge in [0.25, 0.3) is 0 Å². The smallest absolute Gasteiger partial charge is 0.228 e. The predicted octanol–water partition coefficient (Wildman–Crippen LogP) is 2.84. The van der Waals surface area contributed by atoms with Crippen molar-refractivity contribution in [1.29, 1.82) is 0 Å². The van der Waals surface area contributed by atoms with Crippen molar-refractivity contribution in [2.24, 2.45) is 5.92 Å². The van der Waals surface area contributed by atoms with Crippen LogP contribution in [0.5, 0.6) is 0 Å². The fourth-order valence-electron chi connectivity index (χ4n) is 2.93. The van der Waals surface area contributed by atoms with Crippen molar-refractivity contribution in [2.45, 2.75) is 71.6 Å². The van der Waals surface area contributed by atoms with Crippen molar-refractivity contribution in [3.05, 3.63) is 0 Å². The van der Waals surface area contributed by atoms with Crippen molar-refractivity contribution in [1.82, 2.24) is 4.90 Å². The van der Waals surface area contributed by atoms with Gasteiger partial charge in [0.2, 0.25) is 5.91 Å². The van der Waals surface area contributed by atoms with Crippen molar-refractivity contribution in [2.75, 3.05) is 7.11 Å². The summed E-state index contributed by atoms with van der Waals surface area (Å²) in [5.41, 5.74) is 0. The molecule has 0 aromatic rings. The van der Waals surface area contributed by atoms with Gasteiger partial charge in [-0.25, -0.2) is 0 Å². The standard InChI is InChI=1S/C14H27NO2/c1-6-12-9-8-10(3)15(12)14(16)13(7-2)11(4)17-5/h10-13H,6-9H2,1-5H3/t10?,11?,12-,13?/m1/s1. The third-order valence-electron chi connectivity index (χ3n) is 4.21. The number of nitrogens with zero attached hydrogens (tertiary/aromatic N) is 1. The molecule has 3 nitrogen and oxygen atoms in total. The first kappa shape index (κ1) is 14.5. The van der Waals surface area contributed by atoms with Crippen LogP contribution in [0.15, 0.2) is 0 Å². The van der Waals surface area contributed by atoms with Gasteiger partial charge in [0, 0.05) is 19.2 Å². The normalized spacial score (nSPS) is 28.2. The number of ether oxygens (including phenoxy) is 1. The first-order chi connectivity index (χ1) is 8.06. The van der Waals surface area contributed by atoms with Crippen LogP contribution in [-0.2, 0) is 9.53 Å². The Morgan fingerprint density at radius 2 is 2.06 bits per heavy atom. The molecule has 1 heterocycles. The number of hydrogen-bond acceptors (Lipinski definition) is 2. The summed E-state index contributed by atoms with van der Waals surface area (Å²) >= 11 is 0. The van der Waals surface area contributed by atoms with E-state index >= 15 is 0 Å². The second-order valence-corrected chi connectivity index (χ2v) is 5.19. The van der Waals surface area contributed by atoms with Crippen LogP contribution >= 0.6 is 0 Å². The fourth-order valence-corrected chi connectivity index (χ4v) is 2.93. The maximum Gasteiger partial charge on any atom is 0.228 e. The minimum absolute atomic E-state index is 0.00889. The molecule has 0 bridgehead atoms. The molecule has 0 aromatic carbocycles. The first-order valence-corrected chi connectivity index (χ1v) is 6.91. The molecule has 1 aliphatic rings. The molecule has 1 rings (SSSR count). The molecule has 0 N–H and O–H groups in total. The van der Waals surface area contributed by atoms with Crippen LogP contribution in [0, 0.1) is 5.92 Å². The van der Waals surface area contributed by atoms with E-state index in [0.717, 1.165) is 25.7 Å². The quantitative estimate of drug-likeness (QED) is 0.740. The summed E-state index contributed by atoms with van der Waals surface area (Å²) in [6.45, 7) is 8.40. The van der Waals surface area contributed by atoms with Crippen LogP contribution in [-0.4, -0.2) is 36.1 Å². The van der Waals surface area contributed by atoms with Gasteiger partial charge in [-0.3, -0.25) is 4.79 Å². The van der Waals surface area contributed by atoms with E-state index in [9.17, 15) is 4.79 Å². The third-order valence-corrected chi connectivity index (χ3v) is 4.21. The average Bonchev–Trinajstić information content (AvgIpc) is 2.70. The monoisotopic (exact) mass is 241 g/mol. The average molecular weight is 241 g/mol. The zero-order chi connectivity index (χ0) is 13.0. The molecule has 1 saturated heterocycles. The number of carbonyl (C=O) groups is 1. The van der Waals surface area contributed by atoms with Crippen LogP contribution in [0.1, 0.15) is 53.4 Å². The molecule has 3 unspecified atom stereocenters. The summed E-state index contributed by atoms with van der Waals surface area (Å²) in [6, 6.07) is 0.834. The van der Waals surface area contributed by atoms with Gasteiger partial charge in [0.1, 0.15) is 0 Å². The SMILES string of the molecule is CCC(C(=O)N1C(C)CC[C@H]1CC)C(C)OC. The molecule has 0 aromatic heterocycles. The van der Waals surface area contributed by atoms with Gasteiger partial charge < -0.3 is 9.64 Å². The number of methoxy groups -OCH3 is 1. The molecule has 0 radical (unpaired) electrons. The Hall–Kier alpha value is -0.570. The fraction of sp³-hybridized carbons (Fsp3) is 0.929. The van der Waals surface area contributed by atoms with Crippen LogP contribution in [0.3, 0.4) is 0 Å². The maximum absolute atomic E-state index is 12.6. The van der Waals surface area contributed by atoms with Crippen molar-refractivity contribution < 1.29 is 9.53 Å². The van der Waals surface area contributed by atoms with Gasteiger partial charge in [-0.2, -0.15) is 0 Å². The van der Waals surface area contributed by atoms with Gasteiger partial charge in [0.05, 0.1) is 12.0 Å². The van der Waals surface area contributed by atoms with Crippen molar-refractivity contribution >= 4 is 5.91 Å². The zero-order valence-corrected chi connectivity index (χ0v) is 11.9. The lowest BCUT2D eigenvalue weighted by Crippen LogP contribution is -2.46. The number of rotatable bonds is 5. The van der Waals surface area contributed by atoms with Crippen molar-refractivity contribution in [3.63, 3.8) is 0 Å². The lowest BCUT2D eigenvalue weighted by molar-refractivity contribution is -0.142. The highest BCUT2D eigenvalue weighted by atomic mass is 16.5. The summed E-state index contributed by atoms with van der Waals surface area (Å²) in [7, 11) is 1.69. The van der Waals surface area contributed by atoms with E-state index in [-0.39, 0.29) is 12.0 Å². The minimum atomic E-state index is 0.00889. The Balaban J connectivity index is 2.78. The van der Waals surface area contributed by atoms with Gasteiger partial charge in [-0.05, 0) is 39.5 Å². The summed E-state index contributed by atoms with van der Waals surface area (Å²) < 4.78 is 5.34. The molecular formula is C14H27NO2.